The molecular formula is C23H26ClN3O5S. The molecule has 1 N–H and O–H groups in total. The highest BCUT2D eigenvalue weighted by Crippen LogP contribution is 2.30. The number of hydrogen-bond donors (Lipinski definition) is 1. The predicted molar refractivity (Wildman–Crippen MR) is 124 cm³/mol. The first-order valence-corrected chi connectivity index (χ1v) is 12.4. The number of nitrogens with zero attached hydrogens (tertiary/aromatic N) is 2. The van der Waals surface area contributed by atoms with E-state index in [4.69, 9.17) is 11.6 Å². The van der Waals surface area contributed by atoms with Crippen LogP contribution in [0, 0.1) is 0 Å². The number of sulfonamides is 1. The number of halogens is 1. The van der Waals surface area contributed by atoms with Crippen molar-refractivity contribution in [3.8, 4) is 0 Å². The van der Waals surface area contributed by atoms with Gasteiger partial charge in [-0.2, -0.15) is 0 Å². The first-order valence-electron chi connectivity index (χ1n) is 10.6. The van der Waals surface area contributed by atoms with Crippen molar-refractivity contribution in [3.63, 3.8) is 0 Å². The Balaban J connectivity index is 1.89. The van der Waals surface area contributed by atoms with E-state index in [1.165, 1.54) is 23.1 Å². The number of fused-ring (bicyclic) bond motifs is 1. The van der Waals surface area contributed by atoms with Crippen molar-refractivity contribution >= 4 is 39.3 Å². The molecule has 0 bridgehead atoms. The van der Waals surface area contributed by atoms with Crippen LogP contribution in [0.2, 0.25) is 5.02 Å². The van der Waals surface area contributed by atoms with Gasteiger partial charge in [-0.05, 0) is 50.1 Å². The van der Waals surface area contributed by atoms with Crippen molar-refractivity contribution in [1.29, 1.82) is 0 Å². The Morgan fingerprint density at radius 3 is 2.45 bits per heavy atom. The lowest BCUT2D eigenvalue weighted by atomic mass is 10.1. The zero-order chi connectivity index (χ0) is 24.3. The summed E-state index contributed by atoms with van der Waals surface area (Å²) in [5, 5.41) is 3.30. The molecule has 0 aliphatic carbocycles. The number of rotatable bonds is 8. The van der Waals surface area contributed by atoms with Gasteiger partial charge >= 0.3 is 0 Å². The van der Waals surface area contributed by atoms with E-state index < -0.39 is 34.4 Å². The minimum absolute atomic E-state index is 0.0174. The highest BCUT2D eigenvalue weighted by atomic mass is 35.5. The van der Waals surface area contributed by atoms with Crippen LogP contribution in [0.1, 0.15) is 43.1 Å². The Kier molecular flexibility index (Phi) is 7.44. The standard InChI is InChI=1S/C23H26ClN3O5S/c1-4-15(2)25-22(29)16(3)26(13-17-8-7-9-18(24)12-17)21(28)14-27-23(30)19-10-5-6-11-20(19)33(27,31)32/h5-12,15-16H,4,13-14H2,1-3H3,(H,25,29)/t15-,16-/m1/s1. The molecule has 0 unspecified atom stereocenters. The fraction of sp³-hybridized carbons (Fsp3) is 0.348. The van der Waals surface area contributed by atoms with Crippen molar-refractivity contribution in [2.45, 2.75) is 50.7 Å². The van der Waals surface area contributed by atoms with Gasteiger partial charge in [0.1, 0.15) is 17.5 Å². The zero-order valence-corrected chi connectivity index (χ0v) is 20.2. The lowest BCUT2D eigenvalue weighted by Gasteiger charge is -2.30. The molecule has 0 fully saturated rings. The maximum atomic E-state index is 13.3. The normalized spacial score (nSPS) is 16.1. The molecule has 10 heteroatoms. The molecular weight excluding hydrogens is 466 g/mol. The van der Waals surface area contributed by atoms with Gasteiger partial charge in [0.2, 0.25) is 11.8 Å². The molecule has 3 rings (SSSR count). The summed E-state index contributed by atoms with van der Waals surface area (Å²) >= 11 is 6.07. The molecule has 0 aromatic heterocycles. The van der Waals surface area contributed by atoms with Gasteiger partial charge in [-0.25, -0.2) is 12.7 Å². The molecule has 1 aliphatic rings. The van der Waals surface area contributed by atoms with Gasteiger partial charge in [-0.15, -0.1) is 0 Å². The third kappa shape index (κ3) is 5.20. The second-order valence-electron chi connectivity index (χ2n) is 7.96. The van der Waals surface area contributed by atoms with Gasteiger partial charge in [0.15, 0.2) is 0 Å². The Bertz CT molecular complexity index is 1180. The van der Waals surface area contributed by atoms with Gasteiger partial charge < -0.3 is 10.2 Å². The highest BCUT2D eigenvalue weighted by Gasteiger charge is 2.43. The van der Waals surface area contributed by atoms with Crippen molar-refractivity contribution < 1.29 is 22.8 Å². The SMILES string of the molecule is CC[C@@H](C)NC(=O)[C@@H](C)N(Cc1cccc(Cl)c1)C(=O)CN1C(=O)c2ccccc2S1(=O)=O. The largest absolute Gasteiger partial charge is 0.352 e. The van der Waals surface area contributed by atoms with Crippen molar-refractivity contribution in [2.75, 3.05) is 6.54 Å². The van der Waals surface area contributed by atoms with Crippen molar-refractivity contribution in [1.82, 2.24) is 14.5 Å². The first-order chi connectivity index (χ1) is 15.6. The van der Waals surface area contributed by atoms with Crippen molar-refractivity contribution in [3.05, 3.63) is 64.7 Å². The van der Waals surface area contributed by atoms with Crippen LogP contribution in [-0.4, -0.2) is 54.0 Å². The maximum Gasteiger partial charge on any atom is 0.269 e. The minimum atomic E-state index is -4.16. The number of carbonyl (C=O) groups excluding carboxylic acids is 3. The third-order valence-electron chi connectivity index (χ3n) is 5.60. The van der Waals surface area contributed by atoms with Crippen LogP contribution < -0.4 is 5.32 Å². The van der Waals surface area contributed by atoms with E-state index in [2.05, 4.69) is 5.32 Å². The van der Waals surface area contributed by atoms with E-state index in [0.29, 0.717) is 21.3 Å². The van der Waals surface area contributed by atoms with Crippen LogP contribution >= 0.6 is 11.6 Å². The topological polar surface area (TPSA) is 104 Å². The summed E-state index contributed by atoms with van der Waals surface area (Å²) in [6.45, 7) is 4.64. The summed E-state index contributed by atoms with van der Waals surface area (Å²) in [5.41, 5.74) is 0.687. The molecule has 3 amide bonds. The number of nitrogens with one attached hydrogen (secondary N) is 1. The van der Waals surface area contributed by atoms with Gasteiger partial charge in [0.25, 0.3) is 15.9 Å². The van der Waals surface area contributed by atoms with Crippen LogP contribution in [0.3, 0.4) is 0 Å². The molecule has 176 valence electrons. The molecule has 33 heavy (non-hydrogen) atoms. The molecule has 0 spiro atoms. The number of hydrogen-bond acceptors (Lipinski definition) is 5. The Labute approximate surface area is 198 Å². The average molecular weight is 492 g/mol. The summed E-state index contributed by atoms with van der Waals surface area (Å²) in [7, 11) is -4.16. The smallest absolute Gasteiger partial charge is 0.269 e. The number of amides is 3. The van der Waals surface area contributed by atoms with Gasteiger partial charge in [0, 0.05) is 17.6 Å². The lowest BCUT2D eigenvalue weighted by Crippen LogP contribution is -2.52. The Hall–Kier alpha value is -2.91. The fourth-order valence-electron chi connectivity index (χ4n) is 3.48. The molecule has 1 aliphatic heterocycles. The second-order valence-corrected chi connectivity index (χ2v) is 10.2. The Morgan fingerprint density at radius 2 is 1.82 bits per heavy atom. The maximum absolute atomic E-state index is 13.3. The second kappa shape index (κ2) is 9.93. The highest BCUT2D eigenvalue weighted by molar-refractivity contribution is 7.90. The van der Waals surface area contributed by atoms with Crippen LogP contribution in [0.5, 0.6) is 0 Å². The average Bonchev–Trinajstić information content (AvgIpc) is 2.97. The summed E-state index contributed by atoms with van der Waals surface area (Å²) in [5.74, 6) is -1.82. The molecule has 0 radical (unpaired) electrons. The summed E-state index contributed by atoms with van der Waals surface area (Å²) < 4.78 is 26.3. The van der Waals surface area contributed by atoms with Crippen LogP contribution in [0.25, 0.3) is 0 Å². The van der Waals surface area contributed by atoms with E-state index in [0.717, 1.165) is 0 Å². The monoisotopic (exact) mass is 491 g/mol. The van der Waals surface area contributed by atoms with Gasteiger partial charge in [0.05, 0.1) is 5.56 Å². The van der Waals surface area contributed by atoms with Crippen LogP contribution in [0.15, 0.2) is 53.4 Å². The molecule has 2 aromatic rings. The third-order valence-corrected chi connectivity index (χ3v) is 7.62. The lowest BCUT2D eigenvalue weighted by molar-refractivity contribution is -0.140. The Morgan fingerprint density at radius 1 is 1.12 bits per heavy atom. The van der Waals surface area contributed by atoms with Crippen molar-refractivity contribution in [2.24, 2.45) is 0 Å². The van der Waals surface area contributed by atoms with E-state index in [1.807, 2.05) is 13.8 Å². The minimum Gasteiger partial charge on any atom is -0.352 e. The molecule has 8 nitrogen and oxygen atoms in total. The van der Waals surface area contributed by atoms with Crippen LogP contribution in [0.4, 0.5) is 0 Å². The first kappa shape index (κ1) is 24.7. The van der Waals surface area contributed by atoms with E-state index >= 15 is 0 Å². The van der Waals surface area contributed by atoms with E-state index in [9.17, 15) is 22.8 Å². The molecule has 1 heterocycles. The van der Waals surface area contributed by atoms with E-state index in [-0.39, 0.29) is 29.0 Å². The van der Waals surface area contributed by atoms with Gasteiger partial charge in [-0.1, -0.05) is 42.8 Å². The predicted octanol–water partition coefficient (Wildman–Crippen LogP) is 2.82. The van der Waals surface area contributed by atoms with E-state index in [1.54, 1.807) is 37.3 Å². The molecule has 2 atom stereocenters. The van der Waals surface area contributed by atoms with Crippen LogP contribution in [-0.2, 0) is 26.2 Å². The van der Waals surface area contributed by atoms with Gasteiger partial charge in [-0.3, -0.25) is 14.4 Å². The quantitative estimate of drug-likeness (QED) is 0.611. The molecule has 0 saturated heterocycles. The zero-order valence-electron chi connectivity index (χ0n) is 18.6. The molecule has 0 saturated carbocycles. The summed E-state index contributed by atoms with van der Waals surface area (Å²) in [6.07, 6.45) is 0.708. The summed E-state index contributed by atoms with van der Waals surface area (Å²) in [6, 6.07) is 11.6. The number of carbonyl (C=O) groups is 3. The molecule has 2 aromatic carbocycles. The number of benzene rings is 2. The summed E-state index contributed by atoms with van der Waals surface area (Å²) in [4.78, 5) is 40.0. The fourth-order valence-corrected chi connectivity index (χ4v) is 5.21.